The highest BCUT2D eigenvalue weighted by molar-refractivity contribution is 6.30. The van der Waals surface area contributed by atoms with Crippen LogP contribution in [-0.2, 0) is 0 Å². The van der Waals surface area contributed by atoms with Crippen LogP contribution in [0.25, 0.3) is 0 Å². The van der Waals surface area contributed by atoms with E-state index < -0.39 is 6.10 Å². The molecule has 1 aromatic carbocycles. The van der Waals surface area contributed by atoms with Crippen molar-refractivity contribution >= 4 is 11.6 Å². The van der Waals surface area contributed by atoms with Crippen LogP contribution < -0.4 is 11.1 Å². The van der Waals surface area contributed by atoms with E-state index in [0.717, 1.165) is 0 Å². The zero-order valence-corrected chi connectivity index (χ0v) is 11.4. The van der Waals surface area contributed by atoms with Crippen molar-refractivity contribution in [3.63, 3.8) is 0 Å². The average molecular weight is 275 g/mol. The van der Waals surface area contributed by atoms with Crippen molar-refractivity contribution in [2.45, 2.75) is 38.5 Å². The lowest BCUT2D eigenvalue weighted by Gasteiger charge is -2.23. The third-order valence-electron chi connectivity index (χ3n) is 2.75. The van der Waals surface area contributed by atoms with Crippen LogP contribution in [0.4, 0.5) is 4.39 Å². The minimum absolute atomic E-state index is 0.0497. The summed E-state index contributed by atoms with van der Waals surface area (Å²) in [5, 5.41) is 12.9. The normalized spacial score (nSPS) is 16.3. The van der Waals surface area contributed by atoms with E-state index in [1.807, 2.05) is 6.92 Å². The number of nitrogens with one attached hydrogen (secondary N) is 1. The second kappa shape index (κ2) is 7.04. The van der Waals surface area contributed by atoms with Crippen molar-refractivity contribution < 1.29 is 9.50 Å². The summed E-state index contributed by atoms with van der Waals surface area (Å²) in [6.45, 7) is 3.93. The molecule has 3 nitrogen and oxygen atoms in total. The predicted molar refractivity (Wildman–Crippen MR) is 72.1 cm³/mol. The van der Waals surface area contributed by atoms with Gasteiger partial charge in [0.05, 0.1) is 6.10 Å². The molecule has 0 amide bonds. The minimum Gasteiger partial charge on any atom is -0.393 e. The van der Waals surface area contributed by atoms with Crippen molar-refractivity contribution in [3.05, 3.63) is 34.6 Å². The van der Waals surface area contributed by atoms with E-state index in [-0.39, 0.29) is 24.4 Å². The Bertz CT molecular complexity index is 387. The number of rotatable bonds is 6. The first kappa shape index (κ1) is 15.4. The molecule has 1 rings (SSSR count). The molecule has 0 saturated carbocycles. The molecule has 102 valence electrons. The number of hydrogen-bond acceptors (Lipinski definition) is 3. The summed E-state index contributed by atoms with van der Waals surface area (Å²) in [5.74, 6) is -0.366. The van der Waals surface area contributed by atoms with Gasteiger partial charge in [-0.15, -0.1) is 0 Å². The van der Waals surface area contributed by atoms with Crippen LogP contribution in [0, 0.1) is 5.82 Å². The highest BCUT2D eigenvalue weighted by Crippen LogP contribution is 2.21. The molecule has 5 heteroatoms. The number of hydrogen-bond donors (Lipinski definition) is 3. The fraction of sp³-hybridized carbons (Fsp3) is 0.538. The number of nitrogens with two attached hydrogens (primary N) is 1. The fourth-order valence-electron chi connectivity index (χ4n) is 1.99. The van der Waals surface area contributed by atoms with Gasteiger partial charge >= 0.3 is 0 Å². The van der Waals surface area contributed by atoms with Crippen LogP contribution in [0.5, 0.6) is 0 Å². The highest BCUT2D eigenvalue weighted by atomic mass is 35.5. The molecule has 0 aliphatic carbocycles. The predicted octanol–water partition coefficient (Wildman–Crippen LogP) is 2.23. The Hall–Kier alpha value is -0.680. The highest BCUT2D eigenvalue weighted by Gasteiger charge is 2.17. The van der Waals surface area contributed by atoms with E-state index in [1.165, 1.54) is 6.07 Å². The molecule has 0 saturated heterocycles. The molecule has 0 aliphatic heterocycles. The molecule has 0 bridgehead atoms. The second-order valence-corrected chi connectivity index (χ2v) is 5.04. The lowest BCUT2D eigenvalue weighted by atomic mass is 10.0. The van der Waals surface area contributed by atoms with Gasteiger partial charge in [-0.25, -0.2) is 4.39 Å². The maximum absolute atomic E-state index is 13.8. The quantitative estimate of drug-likeness (QED) is 0.746. The maximum atomic E-state index is 13.8. The Morgan fingerprint density at radius 1 is 1.44 bits per heavy atom. The average Bonchev–Trinajstić information content (AvgIpc) is 2.25. The van der Waals surface area contributed by atoms with Gasteiger partial charge in [0, 0.05) is 29.2 Å². The third kappa shape index (κ3) is 4.53. The van der Waals surface area contributed by atoms with Crippen molar-refractivity contribution in [1.82, 2.24) is 5.32 Å². The molecule has 0 heterocycles. The number of aliphatic hydroxyl groups is 1. The lowest BCUT2D eigenvalue weighted by Crippen LogP contribution is -2.37. The lowest BCUT2D eigenvalue weighted by molar-refractivity contribution is 0.168. The Balaban J connectivity index is 2.76. The van der Waals surface area contributed by atoms with Crippen LogP contribution >= 0.6 is 11.6 Å². The van der Waals surface area contributed by atoms with Crippen LogP contribution in [0.2, 0.25) is 5.02 Å². The van der Waals surface area contributed by atoms with Crippen molar-refractivity contribution in [2.75, 3.05) is 6.54 Å². The van der Waals surface area contributed by atoms with E-state index >= 15 is 0 Å². The first-order valence-corrected chi connectivity index (χ1v) is 6.41. The SMILES string of the molecule is CC(O)CC(C)NC(CN)c1ccc(Cl)cc1F. The summed E-state index contributed by atoms with van der Waals surface area (Å²) in [7, 11) is 0. The summed E-state index contributed by atoms with van der Waals surface area (Å²) < 4.78 is 13.8. The van der Waals surface area contributed by atoms with E-state index in [2.05, 4.69) is 5.32 Å². The Labute approximate surface area is 112 Å². The van der Waals surface area contributed by atoms with Gasteiger partial charge in [0.15, 0.2) is 0 Å². The molecule has 4 N–H and O–H groups in total. The molecule has 0 fully saturated rings. The molecular formula is C13H20ClFN2O. The van der Waals surface area contributed by atoms with Crippen molar-refractivity contribution in [3.8, 4) is 0 Å². The largest absolute Gasteiger partial charge is 0.393 e. The first-order chi connectivity index (χ1) is 8.43. The summed E-state index contributed by atoms with van der Waals surface area (Å²) in [4.78, 5) is 0. The third-order valence-corrected chi connectivity index (χ3v) is 2.99. The van der Waals surface area contributed by atoms with Gasteiger partial charge in [-0.05, 0) is 32.4 Å². The molecule has 3 unspecified atom stereocenters. The molecule has 18 heavy (non-hydrogen) atoms. The van der Waals surface area contributed by atoms with Gasteiger partial charge in [0.1, 0.15) is 5.82 Å². The molecule has 0 aromatic heterocycles. The summed E-state index contributed by atoms with van der Waals surface area (Å²) in [6.07, 6.45) is 0.187. The molecule has 0 radical (unpaired) electrons. The van der Waals surface area contributed by atoms with Gasteiger partial charge in [0.2, 0.25) is 0 Å². The Morgan fingerprint density at radius 2 is 2.11 bits per heavy atom. The number of aliphatic hydroxyl groups excluding tert-OH is 1. The van der Waals surface area contributed by atoms with Gasteiger partial charge < -0.3 is 16.2 Å². The van der Waals surface area contributed by atoms with E-state index in [9.17, 15) is 9.50 Å². The van der Waals surface area contributed by atoms with Crippen molar-refractivity contribution in [2.24, 2.45) is 5.73 Å². The molecule has 0 aliphatic rings. The smallest absolute Gasteiger partial charge is 0.129 e. The zero-order valence-electron chi connectivity index (χ0n) is 10.7. The van der Waals surface area contributed by atoms with Gasteiger partial charge in [-0.2, -0.15) is 0 Å². The minimum atomic E-state index is -0.402. The summed E-state index contributed by atoms with van der Waals surface area (Å²) in [6, 6.07) is 4.33. The number of benzene rings is 1. The molecule has 1 aromatic rings. The van der Waals surface area contributed by atoms with Gasteiger partial charge in [-0.1, -0.05) is 17.7 Å². The molecule has 0 spiro atoms. The second-order valence-electron chi connectivity index (χ2n) is 4.61. The monoisotopic (exact) mass is 274 g/mol. The maximum Gasteiger partial charge on any atom is 0.129 e. The van der Waals surface area contributed by atoms with Crippen LogP contribution in [0.15, 0.2) is 18.2 Å². The van der Waals surface area contributed by atoms with Gasteiger partial charge in [-0.3, -0.25) is 0 Å². The number of halogens is 2. The van der Waals surface area contributed by atoms with Gasteiger partial charge in [0.25, 0.3) is 0 Å². The topological polar surface area (TPSA) is 58.3 Å². The standard InChI is InChI=1S/C13H20ClFN2O/c1-8(5-9(2)18)17-13(7-16)11-4-3-10(14)6-12(11)15/h3-4,6,8-9,13,17-18H,5,7,16H2,1-2H3. The van der Waals surface area contributed by atoms with Crippen LogP contribution in [-0.4, -0.2) is 23.8 Å². The van der Waals surface area contributed by atoms with E-state index in [4.69, 9.17) is 17.3 Å². The molecule has 3 atom stereocenters. The van der Waals surface area contributed by atoms with E-state index in [0.29, 0.717) is 17.0 Å². The van der Waals surface area contributed by atoms with E-state index in [1.54, 1.807) is 19.1 Å². The summed E-state index contributed by atoms with van der Waals surface area (Å²) in [5.41, 5.74) is 6.17. The van der Waals surface area contributed by atoms with Crippen LogP contribution in [0.1, 0.15) is 31.9 Å². The summed E-state index contributed by atoms with van der Waals surface area (Å²) >= 11 is 5.71. The van der Waals surface area contributed by atoms with Crippen molar-refractivity contribution in [1.29, 1.82) is 0 Å². The molecular weight excluding hydrogens is 255 g/mol. The Morgan fingerprint density at radius 3 is 2.61 bits per heavy atom. The van der Waals surface area contributed by atoms with Crippen LogP contribution in [0.3, 0.4) is 0 Å². The fourth-order valence-corrected chi connectivity index (χ4v) is 2.15. The first-order valence-electron chi connectivity index (χ1n) is 6.03. The zero-order chi connectivity index (χ0) is 13.7. The Kier molecular flexibility index (Phi) is 6.02.